The minimum Gasteiger partial charge on any atom is -0.206 e. The molecule has 106 valence electrons. The fourth-order valence-electron chi connectivity index (χ4n) is 1.74. The highest BCUT2D eigenvalue weighted by atomic mass is 35.5. The van der Waals surface area contributed by atoms with Crippen molar-refractivity contribution in [2.45, 2.75) is 20.0 Å². The summed E-state index contributed by atoms with van der Waals surface area (Å²) in [5, 5.41) is 7.65. The summed E-state index contributed by atoms with van der Waals surface area (Å²) >= 11 is 5.79. The van der Waals surface area contributed by atoms with E-state index in [1.54, 1.807) is 13.8 Å². The van der Waals surface area contributed by atoms with Gasteiger partial charge in [0.2, 0.25) is 0 Å². The van der Waals surface area contributed by atoms with Gasteiger partial charge >= 0.3 is 6.18 Å². The predicted molar refractivity (Wildman–Crippen MR) is 66.9 cm³/mol. The maximum absolute atomic E-state index is 13.2. The summed E-state index contributed by atoms with van der Waals surface area (Å²) < 4.78 is 51.3. The number of aromatic nitrogens is 2. The average Bonchev–Trinajstić information content (AvgIpc) is 2.36. The summed E-state index contributed by atoms with van der Waals surface area (Å²) in [5.74, 6) is -1.32. The molecule has 2 nitrogen and oxygen atoms in total. The molecule has 0 N–H and O–H groups in total. The lowest BCUT2D eigenvalue weighted by atomic mass is 10.0. The third-order valence-corrected chi connectivity index (χ3v) is 3.37. The van der Waals surface area contributed by atoms with E-state index in [-0.39, 0.29) is 16.4 Å². The van der Waals surface area contributed by atoms with Crippen LogP contribution in [-0.4, -0.2) is 10.2 Å². The third kappa shape index (κ3) is 2.60. The second-order valence-corrected chi connectivity index (χ2v) is 4.64. The van der Waals surface area contributed by atoms with Crippen LogP contribution in [0.4, 0.5) is 17.6 Å². The lowest BCUT2D eigenvalue weighted by Gasteiger charge is -2.12. The second-order valence-electron chi connectivity index (χ2n) is 4.28. The van der Waals surface area contributed by atoms with Crippen molar-refractivity contribution >= 4 is 11.6 Å². The number of hydrogen-bond donors (Lipinski definition) is 0. The number of hydrogen-bond acceptors (Lipinski definition) is 2. The number of halogens is 5. The summed E-state index contributed by atoms with van der Waals surface area (Å²) in [6.07, 6.45) is -4.76. The van der Waals surface area contributed by atoms with Crippen molar-refractivity contribution in [1.29, 1.82) is 0 Å². The fraction of sp³-hybridized carbons (Fsp3) is 0.231. The zero-order valence-electron chi connectivity index (χ0n) is 10.5. The summed E-state index contributed by atoms with van der Waals surface area (Å²) in [6, 6.07) is 2.72. The third-order valence-electron chi connectivity index (χ3n) is 3.01. The Morgan fingerprint density at radius 2 is 1.70 bits per heavy atom. The van der Waals surface area contributed by atoms with Crippen LogP contribution in [0, 0.1) is 19.7 Å². The molecule has 0 atom stereocenters. The smallest absolute Gasteiger partial charge is 0.206 e. The fourth-order valence-corrected chi connectivity index (χ4v) is 1.92. The van der Waals surface area contributed by atoms with E-state index in [2.05, 4.69) is 10.2 Å². The van der Waals surface area contributed by atoms with Crippen LogP contribution in [0.1, 0.15) is 16.7 Å². The van der Waals surface area contributed by atoms with Crippen molar-refractivity contribution in [3.05, 3.63) is 45.9 Å². The maximum Gasteiger partial charge on any atom is 0.419 e. The van der Waals surface area contributed by atoms with Gasteiger partial charge in [0.25, 0.3) is 0 Å². The van der Waals surface area contributed by atoms with Crippen molar-refractivity contribution < 1.29 is 17.6 Å². The first kappa shape index (κ1) is 14.7. The molecule has 2 aromatic rings. The molecule has 1 heterocycles. The highest BCUT2D eigenvalue weighted by molar-refractivity contribution is 6.30. The van der Waals surface area contributed by atoms with E-state index >= 15 is 0 Å². The first-order valence-corrected chi connectivity index (χ1v) is 5.96. The van der Waals surface area contributed by atoms with Gasteiger partial charge in [-0.15, -0.1) is 10.2 Å². The van der Waals surface area contributed by atoms with Crippen LogP contribution < -0.4 is 0 Å². The monoisotopic (exact) mass is 304 g/mol. The minimum absolute atomic E-state index is 0.142. The van der Waals surface area contributed by atoms with Crippen molar-refractivity contribution in [2.24, 2.45) is 0 Å². The van der Waals surface area contributed by atoms with Crippen LogP contribution in [0.25, 0.3) is 11.3 Å². The van der Waals surface area contributed by atoms with Gasteiger partial charge in [0.15, 0.2) is 5.15 Å². The van der Waals surface area contributed by atoms with Gasteiger partial charge in [0, 0.05) is 5.56 Å². The molecule has 0 saturated heterocycles. The molecular weight excluding hydrogens is 296 g/mol. The Bertz CT molecular complexity index is 668. The first-order chi connectivity index (χ1) is 9.21. The zero-order valence-corrected chi connectivity index (χ0v) is 11.3. The van der Waals surface area contributed by atoms with Crippen LogP contribution in [0.2, 0.25) is 5.15 Å². The van der Waals surface area contributed by atoms with Crippen LogP contribution in [0.15, 0.2) is 18.2 Å². The Labute approximate surface area is 117 Å². The van der Waals surface area contributed by atoms with E-state index in [1.165, 1.54) is 6.07 Å². The molecule has 0 unspecified atom stereocenters. The Morgan fingerprint density at radius 3 is 2.30 bits per heavy atom. The Hall–Kier alpha value is -1.69. The molecule has 0 saturated carbocycles. The van der Waals surface area contributed by atoms with E-state index in [0.29, 0.717) is 11.1 Å². The number of benzene rings is 1. The second kappa shape index (κ2) is 5.01. The van der Waals surface area contributed by atoms with E-state index in [1.807, 2.05) is 0 Å². The van der Waals surface area contributed by atoms with Crippen LogP contribution >= 0.6 is 11.6 Å². The van der Waals surface area contributed by atoms with E-state index in [4.69, 9.17) is 11.6 Å². The van der Waals surface area contributed by atoms with Crippen molar-refractivity contribution in [3.8, 4) is 11.3 Å². The van der Waals surface area contributed by atoms with Crippen LogP contribution in [0.5, 0.6) is 0 Å². The normalized spacial score (nSPS) is 11.8. The molecule has 0 bridgehead atoms. The Kier molecular flexibility index (Phi) is 3.69. The maximum atomic E-state index is 13.2. The van der Waals surface area contributed by atoms with Gasteiger partial charge in [-0.05, 0) is 43.2 Å². The highest BCUT2D eigenvalue weighted by Gasteiger charge is 2.34. The number of nitrogens with zero attached hydrogens (tertiary/aromatic N) is 2. The van der Waals surface area contributed by atoms with Gasteiger partial charge in [0.05, 0.1) is 11.3 Å². The van der Waals surface area contributed by atoms with Crippen LogP contribution in [-0.2, 0) is 6.18 Å². The van der Waals surface area contributed by atoms with Crippen LogP contribution in [0.3, 0.4) is 0 Å². The molecule has 0 radical (unpaired) electrons. The van der Waals surface area contributed by atoms with E-state index < -0.39 is 17.6 Å². The molecule has 20 heavy (non-hydrogen) atoms. The van der Waals surface area contributed by atoms with Gasteiger partial charge in [-0.2, -0.15) is 13.2 Å². The highest BCUT2D eigenvalue weighted by Crippen LogP contribution is 2.35. The molecule has 7 heteroatoms. The van der Waals surface area contributed by atoms with Gasteiger partial charge < -0.3 is 0 Å². The molecule has 0 fully saturated rings. The summed E-state index contributed by atoms with van der Waals surface area (Å²) in [6.45, 7) is 3.35. The molecule has 0 aliphatic rings. The first-order valence-electron chi connectivity index (χ1n) is 5.58. The zero-order chi connectivity index (χ0) is 15.1. The molecule has 0 aliphatic heterocycles. The predicted octanol–water partition coefficient (Wildman–Crippen LogP) is 4.57. The average molecular weight is 305 g/mol. The topological polar surface area (TPSA) is 25.8 Å². The minimum atomic E-state index is -4.76. The van der Waals surface area contributed by atoms with Gasteiger partial charge in [-0.1, -0.05) is 11.6 Å². The summed E-state index contributed by atoms with van der Waals surface area (Å²) in [5.41, 5.74) is 0.281. The molecule has 1 aromatic heterocycles. The molecule has 0 amide bonds. The molecule has 0 spiro atoms. The van der Waals surface area contributed by atoms with Crippen molar-refractivity contribution in [2.75, 3.05) is 0 Å². The van der Waals surface area contributed by atoms with E-state index in [9.17, 15) is 17.6 Å². The van der Waals surface area contributed by atoms with Gasteiger partial charge in [-0.25, -0.2) is 4.39 Å². The largest absolute Gasteiger partial charge is 0.419 e. The lowest BCUT2D eigenvalue weighted by molar-refractivity contribution is -0.139. The quantitative estimate of drug-likeness (QED) is 0.721. The standard InChI is InChI=1S/C13H9ClF4N2/c1-6-7(2)12(14)20-19-11(6)8-3-4-10(15)9(5-8)13(16,17)18/h3-5H,1-2H3. The SMILES string of the molecule is Cc1c(Cl)nnc(-c2ccc(F)c(C(F)(F)F)c2)c1C. The van der Waals surface area contributed by atoms with Crippen molar-refractivity contribution in [1.82, 2.24) is 10.2 Å². The lowest BCUT2D eigenvalue weighted by Crippen LogP contribution is -2.08. The number of alkyl halides is 3. The van der Waals surface area contributed by atoms with Gasteiger partial charge in [0.1, 0.15) is 5.82 Å². The molecule has 1 aromatic carbocycles. The van der Waals surface area contributed by atoms with Crippen molar-refractivity contribution in [3.63, 3.8) is 0 Å². The summed E-state index contributed by atoms with van der Waals surface area (Å²) in [7, 11) is 0. The number of rotatable bonds is 1. The molecular formula is C13H9ClF4N2. The summed E-state index contributed by atoms with van der Waals surface area (Å²) in [4.78, 5) is 0. The molecule has 2 rings (SSSR count). The Morgan fingerprint density at radius 1 is 1.05 bits per heavy atom. The van der Waals surface area contributed by atoms with Gasteiger partial charge in [-0.3, -0.25) is 0 Å². The molecule has 0 aliphatic carbocycles. The van der Waals surface area contributed by atoms with E-state index in [0.717, 1.165) is 12.1 Å². The Balaban J connectivity index is 2.63.